The fourth-order valence-electron chi connectivity index (χ4n) is 0.892. The second kappa shape index (κ2) is 5.19. The Bertz CT molecular complexity index is 438. The van der Waals surface area contributed by atoms with E-state index in [1.165, 1.54) is 0 Å². The number of halogens is 1. The van der Waals surface area contributed by atoms with Crippen LogP contribution in [0.5, 0.6) is 0 Å². The van der Waals surface area contributed by atoms with Gasteiger partial charge in [-0.3, -0.25) is 4.98 Å². The van der Waals surface area contributed by atoms with Crippen molar-refractivity contribution >= 4 is 33.1 Å². The lowest BCUT2D eigenvalue weighted by Gasteiger charge is -2.12. The standard InChI is InChI=1S/C11H15BrN2OS/c1-8-5-9(13-7-10(8)12)6-14-16(15)11(2,3)4/h5-7H,1-4H3. The Labute approximate surface area is 107 Å². The van der Waals surface area contributed by atoms with Crippen molar-refractivity contribution in [3.05, 3.63) is 28.0 Å². The first-order chi connectivity index (χ1) is 7.30. The fraction of sp³-hybridized carbons (Fsp3) is 0.455. The first kappa shape index (κ1) is 13.5. The molecular formula is C11H15BrN2OS. The van der Waals surface area contributed by atoms with Crippen molar-refractivity contribution in [2.45, 2.75) is 32.4 Å². The van der Waals surface area contributed by atoms with Crippen LogP contribution in [0.15, 0.2) is 21.1 Å². The molecule has 0 saturated carbocycles. The van der Waals surface area contributed by atoms with E-state index >= 15 is 0 Å². The minimum absolute atomic E-state index is 0.332. The molecular weight excluding hydrogens is 288 g/mol. The highest BCUT2D eigenvalue weighted by Crippen LogP contribution is 2.15. The van der Waals surface area contributed by atoms with Gasteiger partial charge in [-0.2, -0.15) is 4.40 Å². The molecule has 3 nitrogen and oxygen atoms in total. The van der Waals surface area contributed by atoms with Crippen LogP contribution in [-0.4, -0.2) is 20.2 Å². The smallest absolute Gasteiger partial charge is 0.144 e. The van der Waals surface area contributed by atoms with Crippen LogP contribution in [0.25, 0.3) is 0 Å². The SMILES string of the molecule is Cc1cc(C=NS(=O)C(C)(C)C)ncc1Br. The van der Waals surface area contributed by atoms with Gasteiger partial charge in [0.1, 0.15) is 11.0 Å². The molecule has 0 aliphatic carbocycles. The van der Waals surface area contributed by atoms with Crippen LogP contribution in [0.4, 0.5) is 0 Å². The molecule has 0 aliphatic heterocycles. The Morgan fingerprint density at radius 2 is 2.12 bits per heavy atom. The van der Waals surface area contributed by atoms with Gasteiger partial charge in [0.25, 0.3) is 0 Å². The zero-order valence-electron chi connectivity index (χ0n) is 9.82. The average molecular weight is 303 g/mol. The van der Waals surface area contributed by atoms with Crippen LogP contribution >= 0.6 is 15.9 Å². The van der Waals surface area contributed by atoms with Gasteiger partial charge in [-0.25, -0.2) is 4.21 Å². The van der Waals surface area contributed by atoms with Gasteiger partial charge in [0.05, 0.1) is 16.7 Å². The van der Waals surface area contributed by atoms with Crippen molar-refractivity contribution in [1.82, 2.24) is 4.98 Å². The highest BCUT2D eigenvalue weighted by Gasteiger charge is 2.18. The molecule has 0 N–H and O–H groups in total. The van der Waals surface area contributed by atoms with Crippen molar-refractivity contribution in [2.75, 3.05) is 0 Å². The van der Waals surface area contributed by atoms with E-state index in [0.717, 1.165) is 15.7 Å². The highest BCUT2D eigenvalue weighted by atomic mass is 79.9. The van der Waals surface area contributed by atoms with Gasteiger partial charge in [0.15, 0.2) is 0 Å². The Kier molecular flexibility index (Phi) is 4.38. The Hall–Kier alpha value is -0.550. The molecule has 0 bridgehead atoms. The summed E-state index contributed by atoms with van der Waals surface area (Å²) in [7, 11) is -1.23. The zero-order valence-corrected chi connectivity index (χ0v) is 12.2. The van der Waals surface area contributed by atoms with Gasteiger partial charge in [-0.1, -0.05) is 0 Å². The van der Waals surface area contributed by atoms with E-state index in [0.29, 0.717) is 0 Å². The molecule has 1 atom stereocenters. The largest absolute Gasteiger partial charge is 0.254 e. The van der Waals surface area contributed by atoms with E-state index in [1.54, 1.807) is 12.4 Å². The number of aryl methyl sites for hydroxylation is 1. The predicted octanol–water partition coefficient (Wildman–Crippen LogP) is 3.03. The predicted molar refractivity (Wildman–Crippen MR) is 72.2 cm³/mol. The van der Waals surface area contributed by atoms with Gasteiger partial charge in [0, 0.05) is 10.7 Å². The maximum atomic E-state index is 11.7. The number of rotatable bonds is 2. The van der Waals surface area contributed by atoms with Crippen molar-refractivity contribution < 1.29 is 4.21 Å². The minimum Gasteiger partial charge on any atom is -0.254 e. The maximum Gasteiger partial charge on any atom is 0.144 e. The normalized spacial score (nSPS) is 14.3. The summed E-state index contributed by atoms with van der Waals surface area (Å²) < 4.78 is 16.3. The third-order valence-corrected chi connectivity index (χ3v) is 4.05. The van der Waals surface area contributed by atoms with Crippen LogP contribution in [0.1, 0.15) is 32.0 Å². The molecule has 0 radical (unpaired) electrons. The van der Waals surface area contributed by atoms with Crippen molar-refractivity contribution in [3.63, 3.8) is 0 Å². The molecule has 1 rings (SSSR count). The number of nitrogens with zero attached hydrogens (tertiary/aromatic N) is 2. The zero-order chi connectivity index (χ0) is 12.3. The van der Waals surface area contributed by atoms with E-state index in [-0.39, 0.29) is 4.75 Å². The quantitative estimate of drug-likeness (QED) is 0.788. The minimum atomic E-state index is -1.23. The van der Waals surface area contributed by atoms with Gasteiger partial charge in [-0.05, 0) is 55.3 Å². The number of pyridine rings is 1. The Morgan fingerprint density at radius 1 is 1.50 bits per heavy atom. The summed E-state index contributed by atoms with van der Waals surface area (Å²) in [6.45, 7) is 7.64. The van der Waals surface area contributed by atoms with Crippen LogP contribution in [0.3, 0.4) is 0 Å². The van der Waals surface area contributed by atoms with Crippen LogP contribution in [0, 0.1) is 6.92 Å². The van der Waals surface area contributed by atoms with Crippen molar-refractivity contribution in [3.8, 4) is 0 Å². The van der Waals surface area contributed by atoms with Gasteiger partial charge >= 0.3 is 0 Å². The van der Waals surface area contributed by atoms with Crippen LogP contribution in [0.2, 0.25) is 0 Å². The first-order valence-electron chi connectivity index (χ1n) is 4.89. The second-order valence-electron chi connectivity index (χ2n) is 4.45. The fourth-order valence-corrected chi connectivity index (χ4v) is 1.63. The summed E-state index contributed by atoms with van der Waals surface area (Å²) in [5, 5.41) is 0. The Morgan fingerprint density at radius 3 is 2.62 bits per heavy atom. The highest BCUT2D eigenvalue weighted by molar-refractivity contribution is 9.10. The molecule has 1 aromatic heterocycles. The van der Waals surface area contributed by atoms with E-state index in [1.807, 2.05) is 33.8 Å². The molecule has 1 heterocycles. The van der Waals surface area contributed by atoms with Crippen LogP contribution in [-0.2, 0) is 11.0 Å². The van der Waals surface area contributed by atoms with E-state index < -0.39 is 11.0 Å². The lowest BCUT2D eigenvalue weighted by atomic mass is 10.2. The first-order valence-corrected chi connectivity index (χ1v) is 6.79. The molecule has 0 aliphatic rings. The number of hydrogen-bond acceptors (Lipinski definition) is 2. The lowest BCUT2D eigenvalue weighted by molar-refractivity contribution is 0.651. The molecule has 0 aromatic carbocycles. The molecule has 88 valence electrons. The molecule has 0 amide bonds. The summed E-state index contributed by atoms with van der Waals surface area (Å²) in [5.74, 6) is 0. The van der Waals surface area contributed by atoms with E-state index in [2.05, 4.69) is 25.3 Å². The van der Waals surface area contributed by atoms with Gasteiger partial charge in [0.2, 0.25) is 0 Å². The second-order valence-corrected chi connectivity index (χ2v) is 7.24. The van der Waals surface area contributed by atoms with E-state index in [9.17, 15) is 4.21 Å². The third kappa shape index (κ3) is 3.79. The van der Waals surface area contributed by atoms with Gasteiger partial charge < -0.3 is 0 Å². The Balaban J connectivity index is 2.85. The summed E-state index contributed by atoms with van der Waals surface area (Å²) >= 11 is 3.37. The van der Waals surface area contributed by atoms with Crippen molar-refractivity contribution in [1.29, 1.82) is 0 Å². The summed E-state index contributed by atoms with van der Waals surface area (Å²) in [6, 6.07) is 1.90. The third-order valence-electron chi connectivity index (χ3n) is 1.87. The molecule has 0 saturated heterocycles. The monoisotopic (exact) mass is 302 g/mol. The maximum absolute atomic E-state index is 11.7. The summed E-state index contributed by atoms with van der Waals surface area (Å²) in [4.78, 5) is 4.16. The van der Waals surface area contributed by atoms with Crippen molar-refractivity contribution in [2.24, 2.45) is 4.40 Å². The molecule has 1 unspecified atom stereocenters. The average Bonchev–Trinajstić information content (AvgIpc) is 2.18. The molecule has 5 heteroatoms. The number of aromatic nitrogens is 1. The summed E-state index contributed by atoms with van der Waals surface area (Å²) in [6.07, 6.45) is 3.28. The lowest BCUT2D eigenvalue weighted by Crippen LogP contribution is -2.19. The molecule has 0 fully saturated rings. The van der Waals surface area contributed by atoms with Crippen LogP contribution < -0.4 is 0 Å². The van der Waals surface area contributed by atoms with E-state index in [4.69, 9.17) is 0 Å². The molecule has 0 spiro atoms. The topological polar surface area (TPSA) is 42.3 Å². The summed E-state index contributed by atoms with van der Waals surface area (Å²) in [5.41, 5.74) is 1.80. The number of hydrogen-bond donors (Lipinski definition) is 0. The molecule has 1 aromatic rings. The van der Waals surface area contributed by atoms with Gasteiger partial charge in [-0.15, -0.1) is 0 Å². The molecule has 16 heavy (non-hydrogen) atoms.